The number of likely N-dealkylation sites (tertiary alicyclic amines) is 2. The number of aliphatic carboxylic acids is 2. The predicted octanol–water partition coefficient (Wildman–Crippen LogP) is -0.614. The molecule has 2 rings (SSSR count). The van der Waals surface area contributed by atoms with Crippen molar-refractivity contribution in [3.8, 4) is 0 Å². The highest BCUT2D eigenvalue weighted by Gasteiger charge is 2.41. The lowest BCUT2D eigenvalue weighted by Gasteiger charge is -2.32. The van der Waals surface area contributed by atoms with Crippen molar-refractivity contribution in [1.29, 1.82) is 0 Å². The third kappa shape index (κ3) is 5.93. The van der Waals surface area contributed by atoms with E-state index in [1.165, 1.54) is 9.80 Å². The summed E-state index contributed by atoms with van der Waals surface area (Å²) in [5, 5.41) is 20.9. The van der Waals surface area contributed by atoms with E-state index in [0.717, 1.165) is 0 Å². The minimum atomic E-state index is -1.07. The predicted molar refractivity (Wildman–Crippen MR) is 109 cm³/mol. The highest BCUT2D eigenvalue weighted by atomic mass is 16.4. The van der Waals surface area contributed by atoms with Crippen LogP contribution in [0.4, 0.5) is 0 Å². The topological polar surface area (TPSA) is 170 Å². The fourth-order valence-electron chi connectivity index (χ4n) is 4.15. The van der Waals surface area contributed by atoms with E-state index >= 15 is 0 Å². The Morgan fingerprint density at radius 3 is 2.03 bits per heavy atom. The van der Waals surface area contributed by atoms with Crippen molar-refractivity contribution in [2.45, 2.75) is 76.5 Å². The fourth-order valence-corrected chi connectivity index (χ4v) is 4.15. The van der Waals surface area contributed by atoms with Gasteiger partial charge in [0.15, 0.2) is 0 Å². The first-order valence-corrected chi connectivity index (χ1v) is 10.7. The van der Waals surface area contributed by atoms with E-state index in [4.69, 9.17) is 10.8 Å². The van der Waals surface area contributed by atoms with E-state index in [1.807, 2.05) is 0 Å². The third-order valence-corrected chi connectivity index (χ3v) is 5.88. The van der Waals surface area contributed by atoms with Crippen molar-refractivity contribution in [3.63, 3.8) is 0 Å². The SMILES string of the molecule is CC(C)[C@H](NC(=O)[C@@H]1CCCN1C(=O)[C@@H](N)CCC(=O)O)C(=O)N1CCC[C@H]1C(=O)O. The lowest BCUT2D eigenvalue weighted by Crippen LogP contribution is -2.58. The van der Waals surface area contributed by atoms with Gasteiger partial charge in [-0.15, -0.1) is 0 Å². The second kappa shape index (κ2) is 10.6. The van der Waals surface area contributed by atoms with Crippen LogP contribution in [0.1, 0.15) is 52.4 Å². The van der Waals surface area contributed by atoms with Gasteiger partial charge in [-0.05, 0) is 38.0 Å². The average Bonchev–Trinajstić information content (AvgIpc) is 3.38. The summed E-state index contributed by atoms with van der Waals surface area (Å²) in [6.07, 6.45) is 1.67. The molecule has 174 valence electrons. The molecule has 11 heteroatoms. The maximum atomic E-state index is 13.0. The van der Waals surface area contributed by atoms with E-state index in [0.29, 0.717) is 38.8 Å². The Kier molecular flexibility index (Phi) is 8.37. The Morgan fingerprint density at radius 2 is 1.52 bits per heavy atom. The smallest absolute Gasteiger partial charge is 0.326 e. The van der Waals surface area contributed by atoms with Crippen molar-refractivity contribution >= 4 is 29.7 Å². The van der Waals surface area contributed by atoms with Crippen molar-refractivity contribution in [3.05, 3.63) is 0 Å². The molecule has 11 nitrogen and oxygen atoms in total. The zero-order chi connectivity index (χ0) is 23.3. The van der Waals surface area contributed by atoms with Crippen LogP contribution in [0.25, 0.3) is 0 Å². The summed E-state index contributed by atoms with van der Waals surface area (Å²) in [6, 6.07) is -3.63. The summed E-state index contributed by atoms with van der Waals surface area (Å²) in [6.45, 7) is 4.16. The molecular weight excluding hydrogens is 408 g/mol. The molecule has 0 bridgehead atoms. The van der Waals surface area contributed by atoms with Crippen LogP contribution in [0, 0.1) is 5.92 Å². The molecule has 0 aliphatic carbocycles. The Labute approximate surface area is 180 Å². The number of amides is 3. The van der Waals surface area contributed by atoms with Gasteiger partial charge >= 0.3 is 11.9 Å². The van der Waals surface area contributed by atoms with Crippen molar-refractivity contribution in [1.82, 2.24) is 15.1 Å². The summed E-state index contributed by atoms with van der Waals surface area (Å²) in [4.78, 5) is 63.4. The quantitative estimate of drug-likeness (QED) is 0.368. The highest BCUT2D eigenvalue weighted by molar-refractivity contribution is 5.94. The molecule has 0 spiro atoms. The first-order valence-electron chi connectivity index (χ1n) is 10.7. The van der Waals surface area contributed by atoms with Crippen LogP contribution in [0.15, 0.2) is 0 Å². The first-order chi connectivity index (χ1) is 14.5. The molecule has 3 amide bonds. The van der Waals surface area contributed by atoms with E-state index in [9.17, 15) is 29.1 Å². The maximum Gasteiger partial charge on any atom is 0.326 e. The fraction of sp³-hybridized carbons (Fsp3) is 0.750. The third-order valence-electron chi connectivity index (χ3n) is 5.88. The van der Waals surface area contributed by atoms with Gasteiger partial charge in [-0.2, -0.15) is 0 Å². The van der Waals surface area contributed by atoms with Gasteiger partial charge in [0.05, 0.1) is 6.04 Å². The van der Waals surface area contributed by atoms with Crippen LogP contribution in [-0.4, -0.2) is 86.9 Å². The van der Waals surface area contributed by atoms with Crippen LogP contribution >= 0.6 is 0 Å². The van der Waals surface area contributed by atoms with E-state index < -0.39 is 53.8 Å². The van der Waals surface area contributed by atoms with Crippen LogP contribution < -0.4 is 11.1 Å². The molecule has 2 heterocycles. The molecule has 31 heavy (non-hydrogen) atoms. The van der Waals surface area contributed by atoms with Crippen LogP contribution in [0.5, 0.6) is 0 Å². The lowest BCUT2D eigenvalue weighted by atomic mass is 10.0. The van der Waals surface area contributed by atoms with Crippen molar-refractivity contribution in [2.24, 2.45) is 11.7 Å². The maximum absolute atomic E-state index is 13.0. The van der Waals surface area contributed by atoms with Gasteiger partial charge in [-0.25, -0.2) is 4.79 Å². The molecule has 0 unspecified atom stereocenters. The number of carboxylic acids is 2. The Morgan fingerprint density at radius 1 is 0.968 bits per heavy atom. The van der Waals surface area contributed by atoms with E-state index in [-0.39, 0.29) is 18.8 Å². The van der Waals surface area contributed by atoms with E-state index in [1.54, 1.807) is 13.8 Å². The number of rotatable bonds is 9. The zero-order valence-electron chi connectivity index (χ0n) is 18.0. The number of carbonyl (C=O) groups is 5. The van der Waals surface area contributed by atoms with Gasteiger partial charge in [-0.1, -0.05) is 13.8 Å². The molecule has 0 saturated carbocycles. The second-order valence-corrected chi connectivity index (χ2v) is 8.49. The van der Waals surface area contributed by atoms with Crippen LogP contribution in [-0.2, 0) is 24.0 Å². The highest BCUT2D eigenvalue weighted by Crippen LogP contribution is 2.22. The van der Waals surface area contributed by atoms with Gasteiger partial charge in [0.25, 0.3) is 0 Å². The minimum Gasteiger partial charge on any atom is -0.481 e. The molecular formula is C20H32N4O7. The zero-order valence-corrected chi connectivity index (χ0v) is 18.0. The van der Waals surface area contributed by atoms with Gasteiger partial charge in [0, 0.05) is 19.5 Å². The van der Waals surface area contributed by atoms with Gasteiger partial charge < -0.3 is 31.1 Å². The summed E-state index contributed by atoms with van der Waals surface area (Å²) in [5.41, 5.74) is 5.83. The standard InChI is InChI=1S/C20H32N4O7/c1-11(2)16(19(29)24-10-4-6-14(24)20(30)31)22-17(27)13-5-3-9-23(13)18(28)12(21)7-8-15(25)26/h11-14,16H,3-10,21H2,1-2H3,(H,22,27)(H,25,26)(H,30,31)/t12-,13-,14-,16-/m0/s1. The van der Waals surface area contributed by atoms with E-state index in [2.05, 4.69) is 5.32 Å². The molecule has 0 aromatic heterocycles. The second-order valence-electron chi connectivity index (χ2n) is 8.49. The molecule has 0 aromatic rings. The van der Waals surface area contributed by atoms with Gasteiger partial charge in [0.1, 0.15) is 18.1 Å². The first kappa shape index (κ1) is 24.6. The molecule has 5 N–H and O–H groups in total. The molecule has 0 radical (unpaired) electrons. The molecule has 0 aromatic carbocycles. The Balaban J connectivity index is 2.07. The molecule has 2 saturated heterocycles. The number of hydrogen-bond donors (Lipinski definition) is 4. The Bertz CT molecular complexity index is 726. The normalized spacial score (nSPS) is 23.0. The number of nitrogens with zero attached hydrogens (tertiary/aromatic N) is 2. The minimum absolute atomic E-state index is 0.0301. The van der Waals surface area contributed by atoms with Gasteiger partial charge in [0.2, 0.25) is 17.7 Å². The monoisotopic (exact) mass is 440 g/mol. The molecule has 2 aliphatic rings. The number of nitrogens with one attached hydrogen (secondary N) is 1. The largest absolute Gasteiger partial charge is 0.481 e. The van der Waals surface area contributed by atoms with Gasteiger partial charge in [-0.3, -0.25) is 19.2 Å². The number of carboxylic acid groups (broad SMARTS) is 2. The summed E-state index contributed by atoms with van der Waals surface area (Å²) in [5.74, 6) is -3.83. The average molecular weight is 440 g/mol. The summed E-state index contributed by atoms with van der Waals surface area (Å²) >= 11 is 0. The molecule has 2 fully saturated rings. The molecule has 4 atom stereocenters. The van der Waals surface area contributed by atoms with Crippen LogP contribution in [0.3, 0.4) is 0 Å². The van der Waals surface area contributed by atoms with Crippen molar-refractivity contribution < 1.29 is 34.2 Å². The van der Waals surface area contributed by atoms with Crippen molar-refractivity contribution in [2.75, 3.05) is 13.1 Å². The molecule has 2 aliphatic heterocycles. The summed E-state index contributed by atoms with van der Waals surface area (Å²) in [7, 11) is 0. The number of hydrogen-bond acceptors (Lipinski definition) is 6. The number of nitrogens with two attached hydrogens (primary N) is 1. The summed E-state index contributed by atoms with van der Waals surface area (Å²) < 4.78 is 0. The number of carbonyl (C=O) groups excluding carboxylic acids is 3. The lowest BCUT2D eigenvalue weighted by molar-refractivity contribution is -0.150. The van der Waals surface area contributed by atoms with Crippen LogP contribution in [0.2, 0.25) is 0 Å². The Hall–Kier alpha value is -2.69.